The Hall–Kier alpha value is 0.280. The minimum absolute atomic E-state index is 0.234. The van der Waals surface area contributed by atoms with Crippen LogP contribution in [0.4, 0.5) is 0 Å². The monoisotopic (exact) mass is 125 g/mol. The van der Waals surface area contributed by atoms with E-state index in [4.69, 9.17) is 28.9 Å². The van der Waals surface area contributed by atoms with E-state index < -0.39 is 0 Å². The van der Waals surface area contributed by atoms with Crippen LogP contribution in [-0.4, -0.2) is 6.54 Å². The Labute approximate surface area is 46.7 Å². The van der Waals surface area contributed by atoms with Crippen molar-refractivity contribution >= 4 is 23.2 Å². The fourth-order valence-corrected chi connectivity index (χ4v) is 0.267. The van der Waals surface area contributed by atoms with Gasteiger partial charge in [-0.05, 0) is 6.08 Å². The molecule has 36 valence electrons. The molecule has 3 heteroatoms. The standard InChI is InChI=1S/C3H5Cl2N/c4-3(5)1-2-6/h1H,2,6H2. The van der Waals surface area contributed by atoms with Gasteiger partial charge in [-0.2, -0.15) is 0 Å². The lowest BCUT2D eigenvalue weighted by Crippen LogP contribution is -1.91. The van der Waals surface area contributed by atoms with Gasteiger partial charge in [-0.25, -0.2) is 0 Å². The summed E-state index contributed by atoms with van der Waals surface area (Å²) < 4.78 is 0.234. The molecule has 2 N–H and O–H groups in total. The first-order valence-corrected chi connectivity index (χ1v) is 2.24. The van der Waals surface area contributed by atoms with Crippen LogP contribution in [0.15, 0.2) is 10.6 Å². The summed E-state index contributed by atoms with van der Waals surface area (Å²) >= 11 is 10.2. The van der Waals surface area contributed by atoms with Crippen molar-refractivity contribution in [3.8, 4) is 0 Å². The Morgan fingerprint density at radius 1 is 1.67 bits per heavy atom. The molecule has 0 bridgehead atoms. The summed E-state index contributed by atoms with van der Waals surface area (Å²) in [5.41, 5.74) is 4.98. The molecule has 0 aliphatic heterocycles. The van der Waals surface area contributed by atoms with Gasteiger partial charge < -0.3 is 5.73 Å². The third-order valence-corrected chi connectivity index (χ3v) is 0.581. The molecule has 0 radical (unpaired) electrons. The van der Waals surface area contributed by atoms with Crippen LogP contribution in [-0.2, 0) is 0 Å². The number of rotatable bonds is 1. The second-order valence-corrected chi connectivity index (χ2v) is 1.74. The van der Waals surface area contributed by atoms with Crippen LogP contribution in [0.2, 0.25) is 0 Å². The Morgan fingerprint density at radius 2 is 2.17 bits per heavy atom. The Morgan fingerprint density at radius 3 is 2.17 bits per heavy atom. The molecule has 0 heterocycles. The van der Waals surface area contributed by atoms with Crippen LogP contribution >= 0.6 is 23.2 Å². The summed E-state index contributed by atoms with van der Waals surface area (Å²) in [6.07, 6.45) is 1.52. The van der Waals surface area contributed by atoms with Gasteiger partial charge in [0.05, 0.1) is 0 Å². The van der Waals surface area contributed by atoms with Crippen molar-refractivity contribution in [3.05, 3.63) is 10.6 Å². The highest BCUT2D eigenvalue weighted by molar-refractivity contribution is 6.55. The number of hydrogen-bond acceptors (Lipinski definition) is 1. The maximum Gasteiger partial charge on any atom is 0.104 e. The van der Waals surface area contributed by atoms with E-state index in [0.29, 0.717) is 6.54 Å². The number of halogens is 2. The predicted molar refractivity (Wildman–Crippen MR) is 28.8 cm³/mol. The van der Waals surface area contributed by atoms with E-state index in [1.807, 2.05) is 0 Å². The topological polar surface area (TPSA) is 26.0 Å². The molecule has 0 atom stereocenters. The van der Waals surface area contributed by atoms with E-state index >= 15 is 0 Å². The molecule has 0 aromatic rings. The van der Waals surface area contributed by atoms with Crippen molar-refractivity contribution in [2.24, 2.45) is 5.73 Å². The van der Waals surface area contributed by atoms with Gasteiger partial charge >= 0.3 is 0 Å². The minimum Gasteiger partial charge on any atom is -0.327 e. The van der Waals surface area contributed by atoms with Crippen molar-refractivity contribution in [2.75, 3.05) is 6.54 Å². The minimum atomic E-state index is 0.234. The first-order valence-electron chi connectivity index (χ1n) is 1.48. The van der Waals surface area contributed by atoms with Gasteiger partial charge in [0.1, 0.15) is 4.49 Å². The molecule has 0 aliphatic rings. The maximum atomic E-state index is 5.12. The normalized spacial score (nSPS) is 7.83. The Bertz CT molecular complexity index is 55.8. The van der Waals surface area contributed by atoms with Gasteiger partial charge in [-0.15, -0.1) is 0 Å². The lowest BCUT2D eigenvalue weighted by molar-refractivity contribution is 1.26. The molecule has 0 aromatic carbocycles. The zero-order valence-electron chi connectivity index (χ0n) is 3.12. The largest absolute Gasteiger partial charge is 0.327 e. The van der Waals surface area contributed by atoms with E-state index in [9.17, 15) is 0 Å². The van der Waals surface area contributed by atoms with E-state index in [2.05, 4.69) is 0 Å². The van der Waals surface area contributed by atoms with E-state index in [0.717, 1.165) is 0 Å². The second kappa shape index (κ2) is 3.47. The number of nitrogens with two attached hydrogens (primary N) is 1. The van der Waals surface area contributed by atoms with Crippen molar-refractivity contribution < 1.29 is 0 Å². The van der Waals surface area contributed by atoms with Gasteiger partial charge in [0.15, 0.2) is 0 Å². The smallest absolute Gasteiger partial charge is 0.104 e. The van der Waals surface area contributed by atoms with Crippen LogP contribution in [0, 0.1) is 0 Å². The molecular weight excluding hydrogens is 121 g/mol. The molecule has 1 nitrogen and oxygen atoms in total. The molecule has 0 aliphatic carbocycles. The summed E-state index contributed by atoms with van der Waals surface area (Å²) in [6.45, 7) is 0.405. The average molecular weight is 126 g/mol. The predicted octanol–water partition coefficient (Wildman–Crippen LogP) is 1.26. The van der Waals surface area contributed by atoms with Crippen LogP contribution in [0.5, 0.6) is 0 Å². The molecule has 0 aromatic heterocycles. The van der Waals surface area contributed by atoms with E-state index in [1.165, 1.54) is 6.08 Å². The summed E-state index contributed by atoms with van der Waals surface area (Å²) in [5, 5.41) is 0. The third-order valence-electron chi connectivity index (χ3n) is 0.272. The molecule has 6 heavy (non-hydrogen) atoms. The van der Waals surface area contributed by atoms with Crippen molar-refractivity contribution in [1.29, 1.82) is 0 Å². The molecule has 0 fully saturated rings. The zero-order chi connectivity index (χ0) is 4.99. The fourth-order valence-electron chi connectivity index (χ4n) is 0.0891. The van der Waals surface area contributed by atoms with Crippen LogP contribution in [0.25, 0.3) is 0 Å². The summed E-state index contributed by atoms with van der Waals surface area (Å²) in [7, 11) is 0. The quantitative estimate of drug-likeness (QED) is 0.562. The molecule has 0 unspecified atom stereocenters. The lowest BCUT2D eigenvalue weighted by atomic mass is 10.7. The average Bonchev–Trinajstić information content (AvgIpc) is 1.35. The highest BCUT2D eigenvalue weighted by atomic mass is 35.5. The van der Waals surface area contributed by atoms with Gasteiger partial charge in [0.25, 0.3) is 0 Å². The van der Waals surface area contributed by atoms with E-state index in [1.54, 1.807) is 0 Å². The van der Waals surface area contributed by atoms with Crippen molar-refractivity contribution in [3.63, 3.8) is 0 Å². The molecule has 0 spiro atoms. The van der Waals surface area contributed by atoms with Crippen molar-refractivity contribution in [2.45, 2.75) is 0 Å². The summed E-state index contributed by atoms with van der Waals surface area (Å²) in [4.78, 5) is 0. The highest BCUT2D eigenvalue weighted by Crippen LogP contribution is 2.03. The highest BCUT2D eigenvalue weighted by Gasteiger charge is 1.73. The Balaban J connectivity index is 3.14. The van der Waals surface area contributed by atoms with E-state index in [-0.39, 0.29) is 4.49 Å². The number of hydrogen-bond donors (Lipinski definition) is 1. The summed E-state index contributed by atoms with van der Waals surface area (Å²) in [6, 6.07) is 0. The first-order chi connectivity index (χ1) is 2.77. The van der Waals surface area contributed by atoms with Gasteiger partial charge in [-0.3, -0.25) is 0 Å². The van der Waals surface area contributed by atoms with Gasteiger partial charge in [0, 0.05) is 6.54 Å². The van der Waals surface area contributed by atoms with Crippen LogP contribution in [0.3, 0.4) is 0 Å². The Kier molecular flexibility index (Phi) is 3.63. The second-order valence-electron chi connectivity index (χ2n) is 0.729. The zero-order valence-corrected chi connectivity index (χ0v) is 4.63. The molecule has 0 saturated heterocycles. The van der Waals surface area contributed by atoms with Gasteiger partial charge in [0.2, 0.25) is 0 Å². The SMILES string of the molecule is NCC=C(Cl)Cl. The molecular formula is C3H5Cl2N. The molecule has 0 saturated carbocycles. The third kappa shape index (κ3) is 4.28. The van der Waals surface area contributed by atoms with Gasteiger partial charge in [-0.1, -0.05) is 23.2 Å². The van der Waals surface area contributed by atoms with Crippen molar-refractivity contribution in [1.82, 2.24) is 0 Å². The summed E-state index contributed by atoms with van der Waals surface area (Å²) in [5.74, 6) is 0. The van der Waals surface area contributed by atoms with Crippen LogP contribution < -0.4 is 5.73 Å². The van der Waals surface area contributed by atoms with Crippen LogP contribution in [0.1, 0.15) is 0 Å². The molecule has 0 amide bonds. The lowest BCUT2D eigenvalue weighted by Gasteiger charge is -1.75. The maximum absolute atomic E-state index is 5.12. The fraction of sp³-hybridized carbons (Fsp3) is 0.333. The first kappa shape index (κ1) is 6.28. The molecule has 0 rings (SSSR count).